The highest BCUT2D eigenvalue weighted by Gasteiger charge is 2.35. The highest BCUT2D eigenvalue weighted by Crippen LogP contribution is 2.40. The Labute approximate surface area is 113 Å². The zero-order valence-electron chi connectivity index (χ0n) is 10.4. The fourth-order valence-corrected chi connectivity index (χ4v) is 2.89. The maximum absolute atomic E-state index is 11.3. The Morgan fingerprint density at radius 1 is 1.28 bits per heavy atom. The van der Waals surface area contributed by atoms with E-state index in [0.29, 0.717) is 6.54 Å². The van der Waals surface area contributed by atoms with Crippen LogP contribution in [0.15, 0.2) is 24.3 Å². The molecule has 1 aliphatic rings. The summed E-state index contributed by atoms with van der Waals surface area (Å²) in [5.41, 5.74) is 6.66. The number of carbonyl (C=O) groups is 1. The van der Waals surface area contributed by atoms with Gasteiger partial charge in [0.05, 0.1) is 6.54 Å². The molecule has 18 heavy (non-hydrogen) atoms. The molecule has 4 heteroatoms. The Hall–Kier alpha value is -1.06. The number of benzene rings is 1. The number of rotatable bonds is 4. The van der Waals surface area contributed by atoms with Crippen LogP contribution in [0.1, 0.15) is 31.2 Å². The minimum absolute atomic E-state index is 0.0523. The smallest absolute Gasteiger partial charge is 0.233 e. The van der Waals surface area contributed by atoms with Gasteiger partial charge in [0, 0.05) is 17.0 Å². The fraction of sp³-hybridized carbons (Fsp3) is 0.500. The van der Waals surface area contributed by atoms with Crippen molar-refractivity contribution in [3.05, 3.63) is 34.9 Å². The summed E-state index contributed by atoms with van der Waals surface area (Å²) >= 11 is 5.93. The summed E-state index contributed by atoms with van der Waals surface area (Å²) < 4.78 is 0. The predicted octanol–water partition coefficient (Wildman–Crippen LogP) is 2.23. The third-order valence-electron chi connectivity index (χ3n) is 3.83. The van der Waals surface area contributed by atoms with Crippen molar-refractivity contribution in [2.45, 2.75) is 31.1 Å². The molecular formula is C14H19ClN2O. The van der Waals surface area contributed by atoms with Crippen molar-refractivity contribution in [2.24, 2.45) is 5.73 Å². The molecular weight excluding hydrogens is 248 g/mol. The van der Waals surface area contributed by atoms with Crippen LogP contribution in [0.25, 0.3) is 0 Å². The quantitative estimate of drug-likeness (QED) is 0.878. The highest BCUT2D eigenvalue weighted by atomic mass is 35.5. The van der Waals surface area contributed by atoms with E-state index in [0.717, 1.165) is 17.9 Å². The lowest BCUT2D eigenvalue weighted by atomic mass is 9.79. The van der Waals surface area contributed by atoms with E-state index >= 15 is 0 Å². The number of carbonyl (C=O) groups excluding carboxylic acids is 1. The molecule has 0 saturated heterocycles. The van der Waals surface area contributed by atoms with E-state index < -0.39 is 0 Å². The summed E-state index contributed by atoms with van der Waals surface area (Å²) in [5, 5.41) is 3.68. The molecule has 0 heterocycles. The molecule has 1 aromatic rings. The molecule has 98 valence electrons. The Kier molecular flexibility index (Phi) is 4.25. The van der Waals surface area contributed by atoms with Crippen LogP contribution in [-0.4, -0.2) is 19.0 Å². The standard InChI is InChI=1S/C14H19ClN2O/c15-12-5-3-11(4-6-12)14(7-1-2-8-14)10-17-13(18)9-16/h3-6H,1-2,7-10,16H2,(H,17,18). The second-order valence-electron chi connectivity index (χ2n) is 4.98. The van der Waals surface area contributed by atoms with Crippen molar-refractivity contribution >= 4 is 17.5 Å². The van der Waals surface area contributed by atoms with E-state index in [1.54, 1.807) is 0 Å². The normalized spacial score (nSPS) is 17.7. The summed E-state index contributed by atoms with van der Waals surface area (Å²) in [6.07, 6.45) is 4.64. The van der Waals surface area contributed by atoms with Crippen LogP contribution in [0.3, 0.4) is 0 Å². The first kappa shape index (κ1) is 13.4. The van der Waals surface area contributed by atoms with Gasteiger partial charge in [-0.15, -0.1) is 0 Å². The average Bonchev–Trinajstić information content (AvgIpc) is 2.87. The molecule has 3 N–H and O–H groups in total. The molecule has 1 amide bonds. The number of halogens is 1. The molecule has 0 aliphatic heterocycles. The summed E-state index contributed by atoms with van der Waals surface area (Å²) in [6.45, 7) is 0.724. The third kappa shape index (κ3) is 2.85. The van der Waals surface area contributed by atoms with E-state index in [4.69, 9.17) is 17.3 Å². The lowest BCUT2D eigenvalue weighted by Gasteiger charge is -2.30. The molecule has 3 nitrogen and oxygen atoms in total. The zero-order chi connectivity index (χ0) is 13.0. The van der Waals surface area contributed by atoms with Gasteiger partial charge in [-0.3, -0.25) is 4.79 Å². The molecule has 0 unspecified atom stereocenters. The lowest BCUT2D eigenvalue weighted by molar-refractivity contribution is -0.120. The number of amides is 1. The van der Waals surface area contributed by atoms with Crippen LogP contribution in [-0.2, 0) is 10.2 Å². The van der Waals surface area contributed by atoms with Crippen LogP contribution in [0.4, 0.5) is 0 Å². The van der Waals surface area contributed by atoms with Gasteiger partial charge in [0.15, 0.2) is 0 Å². The Morgan fingerprint density at radius 3 is 2.44 bits per heavy atom. The van der Waals surface area contributed by atoms with Crippen molar-refractivity contribution in [1.82, 2.24) is 5.32 Å². The van der Waals surface area contributed by atoms with E-state index in [1.165, 1.54) is 18.4 Å². The first-order valence-electron chi connectivity index (χ1n) is 6.39. The Morgan fingerprint density at radius 2 is 1.89 bits per heavy atom. The van der Waals surface area contributed by atoms with Crippen LogP contribution >= 0.6 is 11.6 Å². The molecule has 0 aromatic heterocycles. The van der Waals surface area contributed by atoms with E-state index in [2.05, 4.69) is 17.4 Å². The summed E-state index contributed by atoms with van der Waals surface area (Å²) in [5.74, 6) is -0.0877. The minimum atomic E-state index is -0.0877. The van der Waals surface area contributed by atoms with Crippen LogP contribution in [0, 0.1) is 0 Å². The van der Waals surface area contributed by atoms with Gasteiger partial charge in [-0.2, -0.15) is 0 Å². The predicted molar refractivity (Wildman–Crippen MR) is 73.7 cm³/mol. The Bertz CT molecular complexity index is 410. The zero-order valence-corrected chi connectivity index (χ0v) is 11.2. The first-order valence-corrected chi connectivity index (χ1v) is 6.77. The van der Waals surface area contributed by atoms with E-state index in [9.17, 15) is 4.79 Å². The van der Waals surface area contributed by atoms with Crippen molar-refractivity contribution in [3.8, 4) is 0 Å². The first-order chi connectivity index (χ1) is 8.66. The van der Waals surface area contributed by atoms with Crippen molar-refractivity contribution in [3.63, 3.8) is 0 Å². The maximum atomic E-state index is 11.3. The van der Waals surface area contributed by atoms with Crippen LogP contribution in [0.5, 0.6) is 0 Å². The van der Waals surface area contributed by atoms with Gasteiger partial charge in [0.1, 0.15) is 0 Å². The number of nitrogens with two attached hydrogens (primary N) is 1. The van der Waals surface area contributed by atoms with Crippen LogP contribution < -0.4 is 11.1 Å². The van der Waals surface area contributed by atoms with Gasteiger partial charge < -0.3 is 11.1 Å². The highest BCUT2D eigenvalue weighted by molar-refractivity contribution is 6.30. The maximum Gasteiger partial charge on any atom is 0.233 e. The SMILES string of the molecule is NCC(=O)NCC1(c2ccc(Cl)cc2)CCCC1. The molecule has 0 bridgehead atoms. The van der Waals surface area contributed by atoms with Gasteiger partial charge in [0.2, 0.25) is 5.91 Å². The molecule has 1 aliphatic carbocycles. The third-order valence-corrected chi connectivity index (χ3v) is 4.08. The van der Waals surface area contributed by atoms with Gasteiger partial charge >= 0.3 is 0 Å². The topological polar surface area (TPSA) is 55.1 Å². The fourth-order valence-electron chi connectivity index (χ4n) is 2.76. The van der Waals surface area contributed by atoms with Crippen molar-refractivity contribution in [2.75, 3.05) is 13.1 Å². The molecule has 0 atom stereocenters. The van der Waals surface area contributed by atoms with E-state index in [-0.39, 0.29) is 17.9 Å². The molecule has 1 fully saturated rings. The molecule has 0 radical (unpaired) electrons. The second-order valence-corrected chi connectivity index (χ2v) is 5.41. The van der Waals surface area contributed by atoms with E-state index in [1.807, 2.05) is 12.1 Å². The number of nitrogens with one attached hydrogen (secondary N) is 1. The van der Waals surface area contributed by atoms with Gasteiger partial charge in [-0.1, -0.05) is 36.6 Å². The molecule has 2 rings (SSSR count). The van der Waals surface area contributed by atoms with Crippen LogP contribution in [0.2, 0.25) is 5.02 Å². The second kappa shape index (κ2) is 5.72. The summed E-state index contributed by atoms with van der Waals surface area (Å²) in [6, 6.07) is 7.98. The van der Waals surface area contributed by atoms with Crippen molar-refractivity contribution in [1.29, 1.82) is 0 Å². The monoisotopic (exact) mass is 266 g/mol. The largest absolute Gasteiger partial charge is 0.354 e. The Balaban J connectivity index is 2.16. The average molecular weight is 267 g/mol. The lowest BCUT2D eigenvalue weighted by Crippen LogP contribution is -2.41. The summed E-state index contributed by atoms with van der Waals surface area (Å²) in [7, 11) is 0. The number of hydrogen-bond donors (Lipinski definition) is 2. The minimum Gasteiger partial charge on any atom is -0.354 e. The molecule has 1 saturated carbocycles. The molecule has 1 aromatic carbocycles. The van der Waals surface area contributed by atoms with Gasteiger partial charge in [-0.25, -0.2) is 0 Å². The van der Waals surface area contributed by atoms with Gasteiger partial charge in [-0.05, 0) is 30.5 Å². The number of hydrogen-bond acceptors (Lipinski definition) is 2. The summed E-state index contributed by atoms with van der Waals surface area (Å²) in [4.78, 5) is 11.3. The molecule has 0 spiro atoms. The van der Waals surface area contributed by atoms with Gasteiger partial charge in [0.25, 0.3) is 0 Å². The van der Waals surface area contributed by atoms with Crippen molar-refractivity contribution < 1.29 is 4.79 Å².